The van der Waals surface area contributed by atoms with Crippen molar-refractivity contribution in [3.8, 4) is 0 Å². The maximum atomic E-state index is 12.3. The quantitative estimate of drug-likeness (QED) is 0.888. The smallest absolute Gasteiger partial charge is 0.370 e. The van der Waals surface area contributed by atoms with Crippen molar-refractivity contribution in [3.63, 3.8) is 0 Å². The van der Waals surface area contributed by atoms with E-state index >= 15 is 0 Å². The molecule has 1 N–H and O–H groups in total. The minimum atomic E-state index is -4.28. The van der Waals surface area contributed by atoms with Gasteiger partial charge in [-0.15, -0.1) is 0 Å². The van der Waals surface area contributed by atoms with Gasteiger partial charge in [-0.3, -0.25) is 0 Å². The molecule has 1 rings (SSSR count). The highest BCUT2D eigenvalue weighted by Crippen LogP contribution is 2.22. The van der Waals surface area contributed by atoms with Gasteiger partial charge in [0.05, 0.1) is 0 Å². The summed E-state index contributed by atoms with van der Waals surface area (Å²) in [6, 6.07) is 1.69. The second-order valence-corrected chi connectivity index (χ2v) is 4.07. The molecular formula is C11H16F3N3. The minimum absolute atomic E-state index is 0.0717. The molecule has 0 aromatic carbocycles. The molecule has 96 valence electrons. The average Bonchev–Trinajstić information content (AvgIpc) is 2.14. The van der Waals surface area contributed by atoms with Crippen LogP contribution in [-0.4, -0.2) is 22.7 Å². The summed E-state index contributed by atoms with van der Waals surface area (Å²) < 4.78 is 36.9. The fourth-order valence-corrected chi connectivity index (χ4v) is 1.34. The molecule has 0 fully saturated rings. The molecule has 0 aliphatic carbocycles. The fraction of sp³-hybridized carbons (Fsp3) is 0.636. The van der Waals surface area contributed by atoms with Crippen LogP contribution in [0, 0.1) is 0 Å². The molecule has 0 amide bonds. The van der Waals surface area contributed by atoms with Crippen LogP contribution in [0.3, 0.4) is 0 Å². The number of anilines is 1. The molecule has 0 aliphatic heterocycles. The molecule has 0 atom stereocenters. The number of nitrogens with one attached hydrogen (secondary N) is 1. The number of halogens is 3. The number of hydrogen-bond acceptors (Lipinski definition) is 3. The second kappa shape index (κ2) is 5.33. The summed E-state index contributed by atoms with van der Waals surface area (Å²) in [4.78, 5) is 7.78. The van der Waals surface area contributed by atoms with Gasteiger partial charge in [0, 0.05) is 18.3 Å². The SMILES string of the molecule is CCNc1cc(C(C)C)nc(CC(F)(F)F)n1. The Kier molecular flexibility index (Phi) is 4.31. The van der Waals surface area contributed by atoms with Crippen LogP contribution in [0.1, 0.15) is 38.2 Å². The molecule has 3 nitrogen and oxygen atoms in total. The molecule has 1 heterocycles. The van der Waals surface area contributed by atoms with E-state index in [0.29, 0.717) is 18.1 Å². The van der Waals surface area contributed by atoms with Crippen LogP contribution in [0.25, 0.3) is 0 Å². The molecular weight excluding hydrogens is 231 g/mol. The van der Waals surface area contributed by atoms with Gasteiger partial charge in [0.15, 0.2) is 0 Å². The van der Waals surface area contributed by atoms with E-state index in [1.165, 1.54) is 0 Å². The van der Waals surface area contributed by atoms with Crippen LogP contribution in [-0.2, 0) is 6.42 Å². The molecule has 0 radical (unpaired) electrons. The van der Waals surface area contributed by atoms with Crippen molar-refractivity contribution in [1.29, 1.82) is 0 Å². The van der Waals surface area contributed by atoms with E-state index in [9.17, 15) is 13.2 Å². The van der Waals surface area contributed by atoms with E-state index in [1.807, 2.05) is 20.8 Å². The van der Waals surface area contributed by atoms with Gasteiger partial charge in [-0.2, -0.15) is 13.2 Å². The van der Waals surface area contributed by atoms with Gasteiger partial charge < -0.3 is 5.32 Å². The molecule has 1 aromatic heterocycles. The summed E-state index contributed by atoms with van der Waals surface area (Å²) in [7, 11) is 0. The van der Waals surface area contributed by atoms with Crippen LogP contribution in [0.4, 0.5) is 19.0 Å². The van der Waals surface area contributed by atoms with Gasteiger partial charge in [0.25, 0.3) is 0 Å². The van der Waals surface area contributed by atoms with Crippen LogP contribution in [0.2, 0.25) is 0 Å². The zero-order valence-electron chi connectivity index (χ0n) is 10.1. The number of rotatable bonds is 4. The molecule has 0 saturated heterocycles. The zero-order valence-corrected chi connectivity index (χ0v) is 10.1. The predicted octanol–water partition coefficient (Wildman–Crippen LogP) is 3.14. The van der Waals surface area contributed by atoms with Crippen molar-refractivity contribution < 1.29 is 13.2 Å². The summed E-state index contributed by atoms with van der Waals surface area (Å²) in [5.74, 6) is 0.340. The highest BCUT2D eigenvalue weighted by Gasteiger charge is 2.29. The summed E-state index contributed by atoms with van der Waals surface area (Å²) in [5.41, 5.74) is 0.621. The average molecular weight is 247 g/mol. The number of alkyl halides is 3. The van der Waals surface area contributed by atoms with Crippen molar-refractivity contribution in [2.45, 2.75) is 39.3 Å². The van der Waals surface area contributed by atoms with Gasteiger partial charge in [0.2, 0.25) is 0 Å². The predicted molar refractivity (Wildman–Crippen MR) is 60.0 cm³/mol. The van der Waals surface area contributed by atoms with Gasteiger partial charge >= 0.3 is 6.18 Å². The Morgan fingerprint density at radius 1 is 1.29 bits per heavy atom. The minimum Gasteiger partial charge on any atom is -0.370 e. The first-order valence-electron chi connectivity index (χ1n) is 5.50. The number of hydrogen-bond donors (Lipinski definition) is 1. The van der Waals surface area contributed by atoms with Crippen LogP contribution < -0.4 is 5.32 Å². The molecule has 0 aliphatic rings. The normalized spacial score (nSPS) is 11.9. The topological polar surface area (TPSA) is 37.8 Å². The van der Waals surface area contributed by atoms with Gasteiger partial charge in [-0.25, -0.2) is 9.97 Å². The monoisotopic (exact) mass is 247 g/mol. The van der Waals surface area contributed by atoms with Crippen LogP contribution >= 0.6 is 0 Å². The van der Waals surface area contributed by atoms with Crippen molar-refractivity contribution in [2.75, 3.05) is 11.9 Å². The van der Waals surface area contributed by atoms with Gasteiger partial charge in [0.1, 0.15) is 18.1 Å². The lowest BCUT2D eigenvalue weighted by Gasteiger charge is -2.12. The third-order valence-electron chi connectivity index (χ3n) is 2.10. The van der Waals surface area contributed by atoms with E-state index in [1.54, 1.807) is 6.07 Å². The maximum absolute atomic E-state index is 12.3. The first-order valence-corrected chi connectivity index (χ1v) is 5.50. The highest BCUT2D eigenvalue weighted by molar-refractivity contribution is 5.36. The second-order valence-electron chi connectivity index (χ2n) is 4.07. The lowest BCUT2D eigenvalue weighted by molar-refractivity contribution is -0.128. The van der Waals surface area contributed by atoms with Crippen molar-refractivity contribution >= 4 is 5.82 Å². The lowest BCUT2D eigenvalue weighted by Crippen LogP contribution is -2.16. The first-order chi connectivity index (χ1) is 7.81. The molecule has 0 unspecified atom stereocenters. The van der Waals surface area contributed by atoms with Crippen LogP contribution in [0.15, 0.2) is 6.07 Å². The maximum Gasteiger partial charge on any atom is 0.396 e. The third kappa shape index (κ3) is 4.58. The molecule has 1 aromatic rings. The number of nitrogens with zero attached hydrogens (tertiary/aromatic N) is 2. The first kappa shape index (κ1) is 13.7. The van der Waals surface area contributed by atoms with Gasteiger partial charge in [-0.1, -0.05) is 13.8 Å². The van der Waals surface area contributed by atoms with E-state index in [0.717, 1.165) is 0 Å². The van der Waals surface area contributed by atoms with Crippen molar-refractivity contribution in [2.24, 2.45) is 0 Å². The Morgan fingerprint density at radius 2 is 1.94 bits per heavy atom. The summed E-state index contributed by atoms with van der Waals surface area (Å²) in [6.07, 6.45) is -5.37. The van der Waals surface area contributed by atoms with E-state index in [4.69, 9.17) is 0 Å². The number of aromatic nitrogens is 2. The summed E-state index contributed by atoms with van der Waals surface area (Å²) in [5, 5.41) is 2.91. The Balaban J connectivity index is 3.03. The lowest BCUT2D eigenvalue weighted by atomic mass is 10.1. The molecule has 6 heteroatoms. The third-order valence-corrected chi connectivity index (χ3v) is 2.10. The highest BCUT2D eigenvalue weighted by atomic mass is 19.4. The van der Waals surface area contributed by atoms with E-state index in [-0.39, 0.29) is 11.7 Å². The summed E-state index contributed by atoms with van der Waals surface area (Å²) >= 11 is 0. The Bertz CT molecular complexity index is 375. The largest absolute Gasteiger partial charge is 0.396 e. The molecule has 0 bridgehead atoms. The summed E-state index contributed by atoms with van der Waals surface area (Å²) in [6.45, 7) is 6.24. The Hall–Kier alpha value is -1.33. The zero-order chi connectivity index (χ0) is 13.1. The Labute approximate surface area is 98.5 Å². The van der Waals surface area contributed by atoms with Crippen LogP contribution in [0.5, 0.6) is 0 Å². The molecule has 0 saturated carbocycles. The van der Waals surface area contributed by atoms with E-state index < -0.39 is 12.6 Å². The van der Waals surface area contributed by atoms with Crippen molar-refractivity contribution in [1.82, 2.24) is 9.97 Å². The van der Waals surface area contributed by atoms with Crippen molar-refractivity contribution in [3.05, 3.63) is 17.6 Å². The van der Waals surface area contributed by atoms with Gasteiger partial charge in [-0.05, 0) is 12.8 Å². The Morgan fingerprint density at radius 3 is 2.41 bits per heavy atom. The molecule has 17 heavy (non-hydrogen) atoms. The standard InChI is InChI=1S/C11H16F3N3/c1-4-15-9-5-8(7(2)3)16-10(17-9)6-11(12,13)14/h5,7H,4,6H2,1-3H3,(H,15,16,17). The fourth-order valence-electron chi connectivity index (χ4n) is 1.34. The van der Waals surface area contributed by atoms with E-state index in [2.05, 4.69) is 15.3 Å². The molecule has 0 spiro atoms.